The summed E-state index contributed by atoms with van der Waals surface area (Å²) < 4.78 is 57.4. The van der Waals surface area contributed by atoms with Crippen LogP contribution in [-0.2, 0) is 11.0 Å². The van der Waals surface area contributed by atoms with Crippen LogP contribution in [0.3, 0.4) is 0 Å². The lowest BCUT2D eigenvalue weighted by atomic mass is 10.1. The van der Waals surface area contributed by atoms with Crippen molar-refractivity contribution in [2.45, 2.75) is 12.6 Å². The van der Waals surface area contributed by atoms with Gasteiger partial charge in [-0.25, -0.2) is 4.99 Å². The molecule has 0 bridgehead atoms. The molecule has 2 aliphatic heterocycles. The monoisotopic (exact) mass is 525 g/mol. The number of ether oxygens (including phenoxy) is 3. The number of benzene rings is 3. The van der Waals surface area contributed by atoms with Gasteiger partial charge < -0.3 is 24.0 Å². The van der Waals surface area contributed by atoms with Crippen molar-refractivity contribution < 1.29 is 32.2 Å². The van der Waals surface area contributed by atoms with Gasteiger partial charge in [0.1, 0.15) is 28.8 Å². The molecule has 0 unspecified atom stereocenters. The number of halogens is 3. The summed E-state index contributed by atoms with van der Waals surface area (Å²) in [6.45, 7) is 1.84. The largest absolute Gasteiger partial charge is 0.497 e. The zero-order valence-electron chi connectivity index (χ0n) is 20.7. The lowest BCUT2D eigenvalue weighted by Gasteiger charge is -2.25. The number of hydrogen-bond donors (Lipinski definition) is 0. The Morgan fingerprint density at radius 3 is 2.50 bits per heavy atom. The second-order valence-corrected chi connectivity index (χ2v) is 8.90. The SMILES string of the molecule is COc1ccc2c(c1)C(N1CCCN(C(=O)COc3ccccc3)CC1)=Nc1cc(C(F)(F)F)ccc1O2. The van der Waals surface area contributed by atoms with Gasteiger partial charge in [0.15, 0.2) is 12.4 Å². The van der Waals surface area contributed by atoms with Crippen LogP contribution >= 0.6 is 0 Å². The molecule has 198 valence electrons. The van der Waals surface area contributed by atoms with Crippen molar-refractivity contribution >= 4 is 17.4 Å². The molecule has 10 heteroatoms. The number of carbonyl (C=O) groups is 1. The summed E-state index contributed by atoms with van der Waals surface area (Å²) in [4.78, 5) is 21.2. The number of alkyl halides is 3. The molecule has 0 aliphatic carbocycles. The molecule has 2 heterocycles. The van der Waals surface area contributed by atoms with Crippen LogP contribution in [0.5, 0.6) is 23.0 Å². The maximum Gasteiger partial charge on any atom is 0.416 e. The molecular formula is C28H26F3N3O4. The Bertz CT molecular complexity index is 1340. The highest BCUT2D eigenvalue weighted by molar-refractivity contribution is 6.04. The van der Waals surface area contributed by atoms with Gasteiger partial charge in [0.25, 0.3) is 5.91 Å². The van der Waals surface area contributed by atoms with Crippen LogP contribution in [0.1, 0.15) is 17.5 Å². The van der Waals surface area contributed by atoms with Crippen molar-refractivity contribution in [1.29, 1.82) is 0 Å². The normalized spacial score (nSPS) is 15.3. The van der Waals surface area contributed by atoms with Crippen molar-refractivity contribution in [2.75, 3.05) is 39.9 Å². The molecule has 0 spiro atoms. The third-order valence-corrected chi connectivity index (χ3v) is 6.41. The number of aliphatic imine (C=N–C) groups is 1. The molecule has 38 heavy (non-hydrogen) atoms. The van der Waals surface area contributed by atoms with E-state index in [0.29, 0.717) is 61.2 Å². The summed E-state index contributed by atoms with van der Waals surface area (Å²) in [6.07, 6.45) is -3.87. The summed E-state index contributed by atoms with van der Waals surface area (Å²) in [7, 11) is 1.54. The van der Waals surface area contributed by atoms with Crippen LogP contribution in [0.4, 0.5) is 18.9 Å². The van der Waals surface area contributed by atoms with Gasteiger partial charge in [-0.2, -0.15) is 13.2 Å². The Balaban J connectivity index is 1.41. The molecule has 1 saturated heterocycles. The van der Waals surface area contributed by atoms with Gasteiger partial charge in [0, 0.05) is 26.2 Å². The first-order valence-corrected chi connectivity index (χ1v) is 12.2. The van der Waals surface area contributed by atoms with Gasteiger partial charge in [-0.05, 0) is 55.0 Å². The van der Waals surface area contributed by atoms with E-state index in [1.54, 1.807) is 35.2 Å². The van der Waals surface area contributed by atoms with Crippen LogP contribution in [0.15, 0.2) is 71.7 Å². The van der Waals surface area contributed by atoms with Gasteiger partial charge in [0.2, 0.25) is 0 Å². The molecule has 5 rings (SSSR count). The van der Waals surface area contributed by atoms with E-state index >= 15 is 0 Å². The van der Waals surface area contributed by atoms with Crippen LogP contribution in [0.25, 0.3) is 0 Å². The minimum atomic E-state index is -4.52. The third kappa shape index (κ3) is 5.53. The number of nitrogens with zero attached hydrogens (tertiary/aromatic N) is 3. The van der Waals surface area contributed by atoms with Gasteiger partial charge in [0.05, 0.1) is 18.2 Å². The Kier molecular flexibility index (Phi) is 7.13. The Labute approximate surface area is 218 Å². The summed E-state index contributed by atoms with van der Waals surface area (Å²) in [5.74, 6) is 2.19. The van der Waals surface area contributed by atoms with E-state index in [0.717, 1.165) is 12.1 Å². The van der Waals surface area contributed by atoms with Crippen molar-refractivity contribution in [2.24, 2.45) is 4.99 Å². The number of fused-ring (bicyclic) bond motifs is 2. The van der Waals surface area contributed by atoms with E-state index in [4.69, 9.17) is 14.2 Å². The minimum absolute atomic E-state index is 0.0770. The third-order valence-electron chi connectivity index (χ3n) is 6.41. The second kappa shape index (κ2) is 10.6. The van der Waals surface area contributed by atoms with E-state index in [2.05, 4.69) is 4.99 Å². The summed E-state index contributed by atoms with van der Waals surface area (Å²) >= 11 is 0. The standard InChI is InChI=1S/C28H26F3N3O4/c1-36-21-9-11-24-22(17-21)27(32-23-16-19(28(29,30)31)8-10-25(23)38-24)34-13-5-12-33(14-15-34)26(35)18-37-20-6-3-2-4-7-20/h2-4,6-11,16-17H,5,12-15,18H2,1H3. The fraction of sp³-hybridized carbons (Fsp3) is 0.286. The molecule has 7 nitrogen and oxygen atoms in total. The number of hydrogen-bond acceptors (Lipinski definition) is 6. The lowest BCUT2D eigenvalue weighted by molar-refractivity contribution is -0.137. The van der Waals surface area contributed by atoms with E-state index in [9.17, 15) is 18.0 Å². The predicted molar refractivity (Wildman–Crippen MR) is 135 cm³/mol. The van der Waals surface area contributed by atoms with Crippen molar-refractivity contribution in [3.05, 3.63) is 77.9 Å². The van der Waals surface area contributed by atoms with E-state index < -0.39 is 11.7 Å². The number of amides is 1. The fourth-order valence-electron chi connectivity index (χ4n) is 4.43. The minimum Gasteiger partial charge on any atom is -0.497 e. The first-order valence-electron chi connectivity index (χ1n) is 12.2. The van der Waals surface area contributed by atoms with Crippen LogP contribution in [0, 0.1) is 0 Å². The zero-order valence-corrected chi connectivity index (χ0v) is 20.7. The first-order chi connectivity index (χ1) is 18.3. The highest BCUT2D eigenvalue weighted by Crippen LogP contribution is 2.42. The number of para-hydroxylation sites is 1. The van der Waals surface area contributed by atoms with Crippen molar-refractivity contribution in [1.82, 2.24) is 9.80 Å². The average Bonchev–Trinajstić information content (AvgIpc) is 3.26. The van der Waals surface area contributed by atoms with Crippen LogP contribution in [0.2, 0.25) is 0 Å². The quantitative estimate of drug-likeness (QED) is 0.450. The smallest absolute Gasteiger partial charge is 0.416 e. The van der Waals surface area contributed by atoms with Gasteiger partial charge in [-0.1, -0.05) is 18.2 Å². The second-order valence-electron chi connectivity index (χ2n) is 8.90. The Morgan fingerprint density at radius 1 is 0.947 bits per heavy atom. The molecule has 0 N–H and O–H groups in total. The molecular weight excluding hydrogens is 499 g/mol. The summed E-state index contributed by atoms with van der Waals surface area (Å²) in [5, 5.41) is 0. The number of rotatable bonds is 4. The van der Waals surface area contributed by atoms with E-state index in [1.165, 1.54) is 13.2 Å². The molecule has 0 aromatic heterocycles. The number of methoxy groups -OCH3 is 1. The molecule has 0 atom stereocenters. The lowest BCUT2D eigenvalue weighted by Crippen LogP contribution is -2.39. The van der Waals surface area contributed by atoms with Crippen molar-refractivity contribution in [3.8, 4) is 23.0 Å². The first kappa shape index (κ1) is 25.4. The van der Waals surface area contributed by atoms with Crippen LogP contribution < -0.4 is 14.2 Å². The Morgan fingerprint density at radius 2 is 1.74 bits per heavy atom. The van der Waals surface area contributed by atoms with Gasteiger partial charge >= 0.3 is 6.18 Å². The van der Waals surface area contributed by atoms with E-state index in [-0.39, 0.29) is 24.0 Å². The molecule has 1 fully saturated rings. The summed E-state index contributed by atoms with van der Waals surface area (Å²) in [5.41, 5.74) is -0.128. The average molecular weight is 526 g/mol. The molecule has 0 saturated carbocycles. The molecule has 1 amide bonds. The maximum absolute atomic E-state index is 13.5. The highest BCUT2D eigenvalue weighted by atomic mass is 19.4. The number of amidine groups is 1. The molecule has 0 radical (unpaired) electrons. The fourth-order valence-corrected chi connectivity index (χ4v) is 4.43. The van der Waals surface area contributed by atoms with Gasteiger partial charge in [-0.15, -0.1) is 0 Å². The predicted octanol–water partition coefficient (Wildman–Crippen LogP) is 5.51. The molecule has 3 aromatic carbocycles. The van der Waals surface area contributed by atoms with Crippen molar-refractivity contribution in [3.63, 3.8) is 0 Å². The topological polar surface area (TPSA) is 63.6 Å². The van der Waals surface area contributed by atoms with Gasteiger partial charge in [-0.3, -0.25) is 4.79 Å². The zero-order chi connectivity index (χ0) is 26.7. The molecule has 2 aliphatic rings. The summed E-state index contributed by atoms with van der Waals surface area (Å²) in [6, 6.07) is 17.6. The van der Waals surface area contributed by atoms with Crippen LogP contribution in [-0.4, -0.2) is 61.4 Å². The maximum atomic E-state index is 13.5. The Hall–Kier alpha value is -4.21. The highest BCUT2D eigenvalue weighted by Gasteiger charge is 2.33. The molecule has 3 aromatic rings. The number of carbonyl (C=O) groups excluding carboxylic acids is 1. The van der Waals surface area contributed by atoms with E-state index in [1.807, 2.05) is 23.1 Å².